The van der Waals surface area contributed by atoms with Gasteiger partial charge in [-0.3, -0.25) is 20.0 Å². The monoisotopic (exact) mass is 267 g/mol. The number of aromatic amines is 1. The molecule has 0 saturated carbocycles. The molecule has 8 nitrogen and oxygen atoms in total. The van der Waals surface area contributed by atoms with E-state index in [9.17, 15) is 14.9 Å². The van der Waals surface area contributed by atoms with Crippen LogP contribution in [0.5, 0.6) is 0 Å². The molecule has 0 unspecified atom stereocenters. The maximum atomic E-state index is 11.7. The van der Waals surface area contributed by atoms with Gasteiger partial charge in [0.1, 0.15) is 5.15 Å². The van der Waals surface area contributed by atoms with Crippen LogP contribution in [0.4, 0.5) is 11.5 Å². The van der Waals surface area contributed by atoms with Gasteiger partial charge in [0, 0.05) is 12.3 Å². The van der Waals surface area contributed by atoms with Crippen molar-refractivity contribution < 1.29 is 9.72 Å². The highest BCUT2D eigenvalue weighted by Crippen LogP contribution is 2.24. The lowest BCUT2D eigenvalue weighted by molar-refractivity contribution is -0.384. The fourth-order valence-corrected chi connectivity index (χ4v) is 1.37. The average molecular weight is 268 g/mol. The van der Waals surface area contributed by atoms with Gasteiger partial charge >= 0.3 is 5.69 Å². The van der Waals surface area contributed by atoms with E-state index in [1.165, 1.54) is 24.5 Å². The summed E-state index contributed by atoms with van der Waals surface area (Å²) in [4.78, 5) is 25.5. The first-order valence-corrected chi connectivity index (χ1v) is 5.07. The van der Waals surface area contributed by atoms with E-state index in [0.717, 1.165) is 0 Å². The van der Waals surface area contributed by atoms with Crippen LogP contribution in [-0.2, 0) is 0 Å². The number of amides is 1. The highest BCUT2D eigenvalue weighted by atomic mass is 35.5. The predicted octanol–water partition coefficient (Wildman–Crippen LogP) is 1.62. The van der Waals surface area contributed by atoms with Crippen LogP contribution in [-0.4, -0.2) is 26.0 Å². The van der Waals surface area contributed by atoms with Crippen molar-refractivity contribution in [1.82, 2.24) is 15.2 Å². The number of hydrogen-bond acceptors (Lipinski definition) is 5. The van der Waals surface area contributed by atoms with Crippen LogP contribution >= 0.6 is 11.6 Å². The fraction of sp³-hybridized carbons (Fsp3) is 0. The maximum Gasteiger partial charge on any atom is 0.311 e. The standard InChI is InChI=1S/C9H6ClN5O3/c10-7-2-1-6(15(17)18)8(13-7)14-9(16)5-3-11-12-4-5/h1-4H,(H,11,12)(H,13,14,16). The maximum absolute atomic E-state index is 11.7. The minimum atomic E-state index is -0.658. The van der Waals surface area contributed by atoms with Crippen LogP contribution in [0.1, 0.15) is 10.4 Å². The van der Waals surface area contributed by atoms with Crippen LogP contribution in [0.3, 0.4) is 0 Å². The van der Waals surface area contributed by atoms with Crippen molar-refractivity contribution in [1.29, 1.82) is 0 Å². The molecule has 0 aliphatic heterocycles. The molecular weight excluding hydrogens is 262 g/mol. The highest BCUT2D eigenvalue weighted by Gasteiger charge is 2.18. The molecular formula is C9H6ClN5O3. The SMILES string of the molecule is O=C(Nc1nc(Cl)ccc1[N+](=O)[O-])c1cn[nH]c1. The van der Waals surface area contributed by atoms with E-state index in [-0.39, 0.29) is 22.2 Å². The van der Waals surface area contributed by atoms with Gasteiger partial charge in [0.25, 0.3) is 5.91 Å². The zero-order valence-corrected chi connectivity index (χ0v) is 9.51. The summed E-state index contributed by atoms with van der Waals surface area (Å²) >= 11 is 5.63. The lowest BCUT2D eigenvalue weighted by Crippen LogP contribution is -2.13. The Morgan fingerprint density at radius 1 is 1.50 bits per heavy atom. The molecule has 0 aliphatic carbocycles. The number of nitrogens with one attached hydrogen (secondary N) is 2. The molecule has 92 valence electrons. The lowest BCUT2D eigenvalue weighted by Gasteiger charge is -2.03. The van der Waals surface area contributed by atoms with Gasteiger partial charge in [0.2, 0.25) is 5.82 Å². The lowest BCUT2D eigenvalue weighted by atomic mass is 10.3. The second kappa shape index (κ2) is 4.80. The topological polar surface area (TPSA) is 114 Å². The van der Waals surface area contributed by atoms with Crippen molar-refractivity contribution in [3.8, 4) is 0 Å². The zero-order valence-electron chi connectivity index (χ0n) is 8.75. The Balaban J connectivity index is 2.31. The van der Waals surface area contributed by atoms with Gasteiger partial charge in [-0.25, -0.2) is 4.98 Å². The van der Waals surface area contributed by atoms with Crippen LogP contribution in [0.2, 0.25) is 5.15 Å². The first kappa shape index (κ1) is 12.0. The third-order valence-electron chi connectivity index (χ3n) is 2.03. The van der Waals surface area contributed by atoms with Gasteiger partial charge in [0.05, 0.1) is 16.7 Å². The van der Waals surface area contributed by atoms with E-state index in [0.29, 0.717) is 0 Å². The third-order valence-corrected chi connectivity index (χ3v) is 2.24. The van der Waals surface area contributed by atoms with Crippen molar-refractivity contribution in [2.45, 2.75) is 0 Å². The normalized spacial score (nSPS) is 10.1. The minimum absolute atomic E-state index is 0.0445. The number of halogens is 1. The van der Waals surface area contributed by atoms with Crippen LogP contribution in [0.15, 0.2) is 24.5 Å². The molecule has 2 aromatic rings. The molecule has 2 rings (SSSR count). The zero-order chi connectivity index (χ0) is 13.1. The summed E-state index contributed by atoms with van der Waals surface area (Å²) in [6, 6.07) is 2.44. The van der Waals surface area contributed by atoms with Gasteiger partial charge in [-0.05, 0) is 6.07 Å². The Bertz CT molecular complexity index is 598. The van der Waals surface area contributed by atoms with E-state index in [4.69, 9.17) is 11.6 Å². The third kappa shape index (κ3) is 2.43. The van der Waals surface area contributed by atoms with Crippen LogP contribution < -0.4 is 5.32 Å². The number of nitro groups is 1. The summed E-state index contributed by atoms with van der Waals surface area (Å²) in [5.41, 5.74) is -0.109. The Morgan fingerprint density at radius 3 is 2.89 bits per heavy atom. The number of H-pyrrole nitrogens is 1. The molecule has 2 heterocycles. The predicted molar refractivity (Wildman–Crippen MR) is 62.4 cm³/mol. The second-order valence-electron chi connectivity index (χ2n) is 3.20. The molecule has 0 aromatic carbocycles. The van der Waals surface area contributed by atoms with E-state index in [1.54, 1.807) is 0 Å². The smallest absolute Gasteiger partial charge is 0.301 e. The number of nitrogens with zero attached hydrogens (tertiary/aromatic N) is 3. The molecule has 0 radical (unpaired) electrons. The molecule has 2 aromatic heterocycles. The van der Waals surface area contributed by atoms with Crippen molar-refractivity contribution in [2.75, 3.05) is 5.32 Å². The summed E-state index contributed by atoms with van der Waals surface area (Å²) in [7, 11) is 0. The summed E-state index contributed by atoms with van der Waals surface area (Å²) in [6.07, 6.45) is 2.64. The molecule has 0 atom stereocenters. The quantitative estimate of drug-likeness (QED) is 0.498. The molecule has 1 amide bonds. The molecule has 0 fully saturated rings. The number of carbonyl (C=O) groups is 1. The summed E-state index contributed by atoms with van der Waals surface area (Å²) in [6.45, 7) is 0. The van der Waals surface area contributed by atoms with E-state index in [2.05, 4.69) is 20.5 Å². The molecule has 9 heteroatoms. The van der Waals surface area contributed by atoms with E-state index in [1.807, 2.05) is 0 Å². The van der Waals surface area contributed by atoms with Crippen LogP contribution in [0, 0.1) is 10.1 Å². The van der Waals surface area contributed by atoms with Crippen molar-refractivity contribution in [2.24, 2.45) is 0 Å². The summed E-state index contributed by atoms with van der Waals surface area (Å²) in [5, 5.41) is 19.1. The summed E-state index contributed by atoms with van der Waals surface area (Å²) < 4.78 is 0. The van der Waals surface area contributed by atoms with Gasteiger partial charge in [-0.15, -0.1) is 0 Å². The van der Waals surface area contributed by atoms with Gasteiger partial charge in [-0.2, -0.15) is 5.10 Å². The van der Waals surface area contributed by atoms with E-state index < -0.39 is 10.8 Å². The number of anilines is 1. The number of carbonyl (C=O) groups excluding carboxylic acids is 1. The van der Waals surface area contributed by atoms with Crippen LogP contribution in [0.25, 0.3) is 0 Å². The first-order chi connectivity index (χ1) is 8.58. The Morgan fingerprint density at radius 2 is 2.28 bits per heavy atom. The Hall–Kier alpha value is -2.48. The second-order valence-corrected chi connectivity index (χ2v) is 3.59. The largest absolute Gasteiger partial charge is 0.311 e. The molecule has 0 spiro atoms. The summed E-state index contributed by atoms with van der Waals surface area (Å²) in [5.74, 6) is -0.777. The highest BCUT2D eigenvalue weighted by molar-refractivity contribution is 6.29. The van der Waals surface area contributed by atoms with E-state index >= 15 is 0 Å². The van der Waals surface area contributed by atoms with Gasteiger partial charge in [0.15, 0.2) is 0 Å². The fourth-order valence-electron chi connectivity index (χ4n) is 1.22. The molecule has 0 bridgehead atoms. The minimum Gasteiger partial charge on any atom is -0.301 e. The average Bonchev–Trinajstić information content (AvgIpc) is 2.81. The number of rotatable bonds is 3. The Labute approximate surface area is 105 Å². The number of pyridine rings is 1. The molecule has 0 aliphatic rings. The molecule has 18 heavy (non-hydrogen) atoms. The van der Waals surface area contributed by atoms with Crippen molar-refractivity contribution in [3.63, 3.8) is 0 Å². The Kier molecular flexibility index (Phi) is 3.20. The molecule has 2 N–H and O–H groups in total. The number of hydrogen-bond donors (Lipinski definition) is 2. The van der Waals surface area contributed by atoms with Gasteiger partial charge < -0.3 is 5.32 Å². The first-order valence-electron chi connectivity index (χ1n) is 4.69. The van der Waals surface area contributed by atoms with Crippen molar-refractivity contribution >= 4 is 29.0 Å². The van der Waals surface area contributed by atoms with Crippen molar-refractivity contribution in [3.05, 3.63) is 45.4 Å². The van der Waals surface area contributed by atoms with Gasteiger partial charge in [-0.1, -0.05) is 11.6 Å². The molecule has 0 saturated heterocycles. The number of aromatic nitrogens is 3.